The molecule has 0 amide bonds. The fourth-order valence-corrected chi connectivity index (χ4v) is 4.99. The Morgan fingerprint density at radius 2 is 1.02 bits per heavy atom. The number of carbonyl (C=O) groups is 6. The van der Waals surface area contributed by atoms with Gasteiger partial charge in [0.2, 0.25) is 0 Å². The summed E-state index contributed by atoms with van der Waals surface area (Å²) in [6.45, 7) is 5.96. The number of rotatable bonds is 10. The Morgan fingerprint density at radius 1 is 0.585 bits per heavy atom. The van der Waals surface area contributed by atoms with Crippen LogP contribution in [0.4, 0.5) is 0 Å². The number of aliphatic hydroxyl groups is 1. The number of ether oxygens (including phenoxy) is 9. The molecule has 0 spiro atoms. The van der Waals surface area contributed by atoms with Crippen LogP contribution < -0.4 is 0 Å². The number of hydrogen-bond acceptors (Lipinski definition) is 16. The molecule has 2 rings (SSSR count). The van der Waals surface area contributed by atoms with Crippen LogP contribution in [0.25, 0.3) is 0 Å². The minimum absolute atomic E-state index is 0.148. The number of halogens is 1. The Morgan fingerprint density at radius 3 is 1.49 bits per heavy atom. The van der Waals surface area contributed by atoms with Gasteiger partial charge >= 0.3 is 35.8 Å². The molecule has 17 heteroatoms. The van der Waals surface area contributed by atoms with Gasteiger partial charge in [0.05, 0.1) is 6.10 Å². The number of esters is 6. The second-order valence-corrected chi connectivity index (χ2v) is 9.92. The second kappa shape index (κ2) is 15.6. The van der Waals surface area contributed by atoms with Gasteiger partial charge in [-0.3, -0.25) is 28.8 Å². The van der Waals surface area contributed by atoms with E-state index < -0.39 is 104 Å². The van der Waals surface area contributed by atoms with Gasteiger partial charge in [-0.25, -0.2) is 0 Å². The van der Waals surface area contributed by atoms with Gasteiger partial charge in [-0.15, -0.1) is 0 Å². The van der Waals surface area contributed by atoms with E-state index in [1.54, 1.807) is 0 Å². The molecule has 0 aromatic rings. The van der Waals surface area contributed by atoms with Gasteiger partial charge in [0.25, 0.3) is 0 Å². The Hall–Kier alpha value is -2.61. The van der Waals surface area contributed by atoms with Crippen LogP contribution in [0.3, 0.4) is 0 Å². The molecule has 2 fully saturated rings. The summed E-state index contributed by atoms with van der Waals surface area (Å²) in [4.78, 5) is 71.5. The summed E-state index contributed by atoms with van der Waals surface area (Å²) in [7, 11) is 0. The zero-order valence-corrected chi connectivity index (χ0v) is 25.3. The molecule has 0 bridgehead atoms. The summed E-state index contributed by atoms with van der Waals surface area (Å²) in [5, 5.41) is 10.5. The quantitative estimate of drug-likeness (QED) is 0.131. The van der Waals surface area contributed by atoms with Gasteiger partial charge < -0.3 is 47.7 Å². The first-order valence-corrected chi connectivity index (χ1v) is 13.9. The first-order chi connectivity index (χ1) is 19.1. The average molecular weight is 704 g/mol. The third kappa shape index (κ3) is 10.0. The van der Waals surface area contributed by atoms with E-state index in [1.165, 1.54) is 0 Å². The Kier molecular flexibility index (Phi) is 13.1. The van der Waals surface area contributed by atoms with Crippen molar-refractivity contribution in [1.29, 1.82) is 0 Å². The van der Waals surface area contributed by atoms with E-state index in [-0.39, 0.29) is 4.43 Å². The van der Waals surface area contributed by atoms with Gasteiger partial charge in [-0.05, 0) is 0 Å². The van der Waals surface area contributed by atoms with Gasteiger partial charge in [0, 0.05) is 46.0 Å². The molecule has 1 N–H and O–H groups in total. The monoisotopic (exact) mass is 704 g/mol. The molecule has 232 valence electrons. The lowest BCUT2D eigenvalue weighted by atomic mass is 9.96. The summed E-state index contributed by atoms with van der Waals surface area (Å²) >= 11 is 1.91. The van der Waals surface area contributed by atoms with E-state index in [9.17, 15) is 33.9 Å². The first-order valence-electron chi connectivity index (χ1n) is 12.3. The maximum Gasteiger partial charge on any atom is 0.303 e. The molecule has 2 aliphatic rings. The molecule has 2 heterocycles. The Balaban J connectivity index is 2.60. The summed E-state index contributed by atoms with van der Waals surface area (Å²) in [5.41, 5.74) is 0. The molecule has 2 saturated heterocycles. The van der Waals surface area contributed by atoms with Crippen LogP contribution in [-0.2, 0) is 71.4 Å². The standard InChI is InChI=1S/C24H33IO16/c1-9(26)33-8-16-18(34-10(2)27)20(36-12(4)29)22(38-14(6)31)24(40-16)41-17-15(7-25)39-23(32)21(37-13(5)30)19(17)35-11(3)28/h15-24,32H,7-8H2,1-6H3/t15-,16-,17-,18-,19+,20+,21-,22-,23-,24-/m1/s1. The van der Waals surface area contributed by atoms with Crippen LogP contribution in [0, 0.1) is 0 Å². The lowest BCUT2D eigenvalue weighted by molar-refractivity contribution is -0.352. The van der Waals surface area contributed by atoms with Gasteiger partial charge in [-0.1, -0.05) is 22.6 Å². The zero-order chi connectivity index (χ0) is 31.0. The highest BCUT2D eigenvalue weighted by Gasteiger charge is 2.56. The molecule has 0 aromatic heterocycles. The van der Waals surface area contributed by atoms with E-state index in [1.807, 2.05) is 22.6 Å². The third-order valence-electron chi connectivity index (χ3n) is 5.60. The fourth-order valence-electron chi connectivity index (χ4n) is 4.28. The lowest BCUT2D eigenvalue weighted by Crippen LogP contribution is -2.66. The van der Waals surface area contributed by atoms with Gasteiger partial charge in [-0.2, -0.15) is 0 Å². The van der Waals surface area contributed by atoms with Crippen molar-refractivity contribution >= 4 is 58.4 Å². The van der Waals surface area contributed by atoms with E-state index in [0.717, 1.165) is 41.5 Å². The second-order valence-electron chi connectivity index (χ2n) is 9.04. The largest absolute Gasteiger partial charge is 0.463 e. The van der Waals surface area contributed by atoms with E-state index in [0.29, 0.717) is 0 Å². The minimum Gasteiger partial charge on any atom is -0.463 e. The highest BCUT2D eigenvalue weighted by Crippen LogP contribution is 2.35. The highest BCUT2D eigenvalue weighted by atomic mass is 127. The number of alkyl halides is 1. The molecule has 2 aliphatic heterocycles. The van der Waals surface area contributed by atoms with E-state index >= 15 is 0 Å². The van der Waals surface area contributed by atoms with Crippen molar-refractivity contribution in [2.75, 3.05) is 11.0 Å². The molecule has 41 heavy (non-hydrogen) atoms. The predicted molar refractivity (Wildman–Crippen MR) is 138 cm³/mol. The molecule has 0 aromatic carbocycles. The molecule has 16 nitrogen and oxygen atoms in total. The molecule has 0 aliphatic carbocycles. The SMILES string of the molecule is CC(=O)OC[C@H]1O[C@H](O[C@H]2[C@H](OC(C)=O)[C@@H](OC(C)=O)[C@H](O)O[C@@H]2CI)[C@H](OC(C)=O)[C@@H](OC(C)=O)[C@@H]1OC(C)=O. The summed E-state index contributed by atoms with van der Waals surface area (Å²) in [6, 6.07) is 0. The zero-order valence-electron chi connectivity index (χ0n) is 23.1. The summed E-state index contributed by atoms with van der Waals surface area (Å²) < 4.78 is 49.5. The fraction of sp³-hybridized carbons (Fsp3) is 0.750. The average Bonchev–Trinajstić information content (AvgIpc) is 2.83. The maximum atomic E-state index is 12.1. The van der Waals surface area contributed by atoms with Crippen LogP contribution in [0.2, 0.25) is 0 Å². The topological polar surface area (TPSA) is 206 Å². The van der Waals surface area contributed by atoms with Crippen molar-refractivity contribution in [3.05, 3.63) is 0 Å². The molecule has 0 saturated carbocycles. The van der Waals surface area contributed by atoms with E-state index in [2.05, 4.69) is 0 Å². The third-order valence-corrected chi connectivity index (χ3v) is 6.47. The van der Waals surface area contributed by atoms with Crippen molar-refractivity contribution < 1.29 is 76.5 Å². The van der Waals surface area contributed by atoms with Crippen molar-refractivity contribution in [3.8, 4) is 0 Å². The maximum absolute atomic E-state index is 12.1. The number of hydrogen-bond donors (Lipinski definition) is 1. The van der Waals surface area contributed by atoms with Crippen LogP contribution >= 0.6 is 22.6 Å². The van der Waals surface area contributed by atoms with Crippen LogP contribution in [0.15, 0.2) is 0 Å². The Labute approximate surface area is 248 Å². The minimum atomic E-state index is -1.71. The van der Waals surface area contributed by atoms with Crippen LogP contribution in [0.1, 0.15) is 41.5 Å². The summed E-state index contributed by atoms with van der Waals surface area (Å²) in [5.74, 6) is -4.88. The number of aliphatic hydroxyl groups excluding tert-OH is 1. The molecule has 10 atom stereocenters. The van der Waals surface area contributed by atoms with Crippen molar-refractivity contribution in [2.45, 2.75) is 103 Å². The molecular formula is C24H33IO16. The summed E-state index contributed by atoms with van der Waals surface area (Å²) in [6.07, 6.45) is -14.5. The molecule has 0 radical (unpaired) electrons. The van der Waals surface area contributed by atoms with Gasteiger partial charge in [0.15, 0.2) is 43.1 Å². The molecular weight excluding hydrogens is 671 g/mol. The van der Waals surface area contributed by atoms with Crippen LogP contribution in [0.5, 0.6) is 0 Å². The lowest BCUT2D eigenvalue weighted by Gasteiger charge is -2.48. The van der Waals surface area contributed by atoms with E-state index in [4.69, 9.17) is 42.6 Å². The highest BCUT2D eigenvalue weighted by molar-refractivity contribution is 14.1. The molecule has 0 unspecified atom stereocenters. The normalized spacial score (nSPS) is 33.1. The van der Waals surface area contributed by atoms with Crippen molar-refractivity contribution in [2.24, 2.45) is 0 Å². The predicted octanol–water partition coefficient (Wildman–Crippen LogP) is -0.530. The number of carbonyl (C=O) groups excluding carboxylic acids is 6. The van der Waals surface area contributed by atoms with Crippen molar-refractivity contribution in [1.82, 2.24) is 0 Å². The first kappa shape index (κ1) is 34.6. The smallest absolute Gasteiger partial charge is 0.303 e. The van der Waals surface area contributed by atoms with Gasteiger partial charge in [0.1, 0.15) is 18.8 Å². The van der Waals surface area contributed by atoms with Crippen molar-refractivity contribution in [3.63, 3.8) is 0 Å². The van der Waals surface area contributed by atoms with Crippen LogP contribution in [-0.4, -0.2) is 113 Å². The Bertz CT molecular complexity index is 987.